The molecule has 0 heterocycles. The van der Waals surface area contributed by atoms with Crippen LogP contribution in [-0.4, -0.2) is 12.2 Å². The van der Waals surface area contributed by atoms with Crippen LogP contribution in [0.1, 0.15) is 40.0 Å². The van der Waals surface area contributed by atoms with Crippen molar-refractivity contribution in [2.45, 2.75) is 52.2 Å². The molecule has 0 bridgehead atoms. The summed E-state index contributed by atoms with van der Waals surface area (Å²) >= 11 is 0. The molecule has 2 atom stereocenters. The van der Waals surface area contributed by atoms with Gasteiger partial charge in [-0.3, -0.25) is 0 Å². The van der Waals surface area contributed by atoms with Crippen molar-refractivity contribution in [1.82, 2.24) is 0 Å². The average Bonchev–Trinajstić information content (AvgIpc) is 2.12. The van der Waals surface area contributed by atoms with E-state index in [2.05, 4.69) is 17.9 Å². The summed E-state index contributed by atoms with van der Waals surface area (Å²) in [6.07, 6.45) is 0.0918. The number of hydrogen-bond donors (Lipinski definition) is 0. The quantitative estimate of drug-likeness (QED) is 0.558. The zero-order valence-electron chi connectivity index (χ0n) is 10.4. The molecule has 94 valence electrons. The van der Waals surface area contributed by atoms with Gasteiger partial charge in [-0.15, -0.1) is 13.2 Å². The Balaban J connectivity index is 4.27. The molecule has 0 rings (SSSR count). The Morgan fingerprint density at radius 1 is 1.50 bits per heavy atom. The fourth-order valence-corrected chi connectivity index (χ4v) is 1.67. The second-order valence-electron chi connectivity index (χ2n) is 4.37. The van der Waals surface area contributed by atoms with E-state index in [1.807, 2.05) is 13.8 Å². The van der Waals surface area contributed by atoms with Gasteiger partial charge in [0.1, 0.15) is 0 Å². The van der Waals surface area contributed by atoms with Crippen LogP contribution < -0.4 is 0 Å². The first-order chi connectivity index (χ1) is 7.28. The number of ether oxygens (including phenoxy) is 1. The normalized spacial score (nSPS) is 15.6. The second-order valence-corrected chi connectivity index (χ2v) is 4.37. The third-order valence-corrected chi connectivity index (χ3v) is 2.40. The molecule has 0 aromatic carbocycles. The number of halogens is 2. The van der Waals surface area contributed by atoms with Crippen molar-refractivity contribution in [2.24, 2.45) is 5.92 Å². The zero-order valence-corrected chi connectivity index (χ0v) is 10.4. The highest BCUT2D eigenvalue weighted by atomic mass is 19.3. The van der Waals surface area contributed by atoms with Crippen molar-refractivity contribution in [3.63, 3.8) is 0 Å². The molecule has 1 nitrogen and oxygen atoms in total. The van der Waals surface area contributed by atoms with Crippen LogP contribution in [0.5, 0.6) is 0 Å². The maximum Gasteiger partial charge on any atom is 0.353 e. The monoisotopic (exact) mass is 232 g/mol. The van der Waals surface area contributed by atoms with Crippen molar-refractivity contribution < 1.29 is 13.5 Å². The molecular weight excluding hydrogens is 210 g/mol. The van der Waals surface area contributed by atoms with E-state index in [1.54, 1.807) is 0 Å². The van der Waals surface area contributed by atoms with E-state index in [0.717, 1.165) is 25.3 Å². The summed E-state index contributed by atoms with van der Waals surface area (Å²) in [7, 11) is 0. The Morgan fingerprint density at radius 2 is 2.06 bits per heavy atom. The van der Waals surface area contributed by atoms with E-state index in [0.29, 0.717) is 12.3 Å². The smallest absolute Gasteiger partial charge is 0.313 e. The lowest BCUT2D eigenvalue weighted by Crippen LogP contribution is -2.25. The van der Waals surface area contributed by atoms with Gasteiger partial charge in [0.15, 0.2) is 0 Å². The number of alkyl halides is 2. The highest BCUT2D eigenvalue weighted by molar-refractivity contribution is 4.92. The third kappa shape index (κ3) is 7.57. The molecule has 0 saturated heterocycles. The largest absolute Gasteiger partial charge is 0.353 e. The van der Waals surface area contributed by atoms with Crippen molar-refractivity contribution in [3.8, 4) is 0 Å². The van der Waals surface area contributed by atoms with Crippen molar-refractivity contribution >= 4 is 0 Å². The minimum Gasteiger partial charge on any atom is -0.313 e. The van der Waals surface area contributed by atoms with Gasteiger partial charge < -0.3 is 4.74 Å². The van der Waals surface area contributed by atoms with Crippen LogP contribution in [0.15, 0.2) is 24.8 Å². The molecule has 3 heteroatoms. The molecule has 0 N–H and O–H groups in total. The summed E-state index contributed by atoms with van der Waals surface area (Å²) in [5.74, 6) is 0.322. The molecule has 1 unspecified atom stereocenters. The lowest BCUT2D eigenvalue weighted by molar-refractivity contribution is -0.242. The van der Waals surface area contributed by atoms with E-state index < -0.39 is 12.2 Å². The van der Waals surface area contributed by atoms with Gasteiger partial charge in [-0.2, -0.15) is 8.78 Å². The summed E-state index contributed by atoms with van der Waals surface area (Å²) in [6, 6.07) is 0. The maximum absolute atomic E-state index is 12.7. The topological polar surface area (TPSA) is 9.23 Å². The van der Waals surface area contributed by atoms with Crippen molar-refractivity contribution in [1.29, 1.82) is 0 Å². The summed E-state index contributed by atoms with van der Waals surface area (Å²) in [5, 5.41) is 0. The summed E-state index contributed by atoms with van der Waals surface area (Å²) in [6.45, 7) is 12.1. The summed E-state index contributed by atoms with van der Waals surface area (Å²) in [4.78, 5) is 0. The first-order valence-corrected chi connectivity index (χ1v) is 5.61. The maximum atomic E-state index is 12.7. The number of rotatable bonds is 8. The van der Waals surface area contributed by atoms with Crippen LogP contribution in [0.3, 0.4) is 0 Å². The Bertz CT molecular complexity index is 231. The fraction of sp³-hybridized carbons (Fsp3) is 0.692. The molecule has 0 fully saturated rings. The molecule has 0 aliphatic carbocycles. The molecule has 0 aliphatic rings. The Kier molecular flexibility index (Phi) is 6.49. The first-order valence-electron chi connectivity index (χ1n) is 5.61. The van der Waals surface area contributed by atoms with Crippen LogP contribution in [0, 0.1) is 5.92 Å². The minimum atomic E-state index is -3.10. The molecule has 0 amide bonds. The molecule has 0 aromatic rings. The average molecular weight is 232 g/mol. The molecular formula is C13H22F2O. The van der Waals surface area contributed by atoms with E-state index in [9.17, 15) is 8.78 Å². The summed E-state index contributed by atoms with van der Waals surface area (Å²) in [5.41, 5.74) is 1.07. The molecule has 16 heavy (non-hydrogen) atoms. The molecule has 0 aliphatic heterocycles. The van der Waals surface area contributed by atoms with Crippen molar-refractivity contribution in [2.75, 3.05) is 0 Å². The Labute approximate surface area is 97.2 Å². The van der Waals surface area contributed by atoms with Crippen LogP contribution in [0.25, 0.3) is 0 Å². The predicted molar refractivity (Wildman–Crippen MR) is 63.5 cm³/mol. The third-order valence-electron chi connectivity index (χ3n) is 2.40. The van der Waals surface area contributed by atoms with E-state index in [-0.39, 0.29) is 0 Å². The van der Waals surface area contributed by atoms with Gasteiger partial charge >= 0.3 is 6.11 Å². The van der Waals surface area contributed by atoms with Gasteiger partial charge in [0.25, 0.3) is 0 Å². The SMILES string of the molecule is C=CC(C[C@@H](CC)CC(=C)C)OC(C)(F)F. The predicted octanol–water partition coefficient (Wildman–Crippen LogP) is 4.55. The van der Waals surface area contributed by atoms with Crippen LogP contribution >= 0.6 is 0 Å². The number of allylic oxidation sites excluding steroid dienone is 1. The first kappa shape index (κ1) is 15.3. The van der Waals surface area contributed by atoms with E-state index >= 15 is 0 Å². The Morgan fingerprint density at radius 3 is 2.38 bits per heavy atom. The van der Waals surface area contributed by atoms with E-state index in [4.69, 9.17) is 0 Å². The van der Waals surface area contributed by atoms with E-state index in [1.165, 1.54) is 6.08 Å². The standard InChI is InChI=1S/C13H22F2O/c1-6-11(8-10(3)4)9-12(7-2)16-13(5,14)15/h7,11-12H,2-3,6,8-9H2,1,4-5H3/t11-,12?/m0/s1. The zero-order chi connectivity index (χ0) is 12.8. The highest BCUT2D eigenvalue weighted by Crippen LogP contribution is 2.25. The molecule has 0 aromatic heterocycles. The van der Waals surface area contributed by atoms with Gasteiger partial charge in [-0.05, 0) is 25.7 Å². The number of hydrogen-bond acceptors (Lipinski definition) is 1. The van der Waals surface area contributed by atoms with Gasteiger partial charge in [-0.1, -0.05) is 25.0 Å². The van der Waals surface area contributed by atoms with Crippen LogP contribution in [0.4, 0.5) is 8.78 Å². The lowest BCUT2D eigenvalue weighted by atomic mass is 9.92. The molecule has 0 spiro atoms. The molecule has 0 radical (unpaired) electrons. The minimum absolute atomic E-state index is 0.322. The lowest BCUT2D eigenvalue weighted by Gasteiger charge is -2.23. The molecule has 0 saturated carbocycles. The van der Waals surface area contributed by atoms with Gasteiger partial charge in [0.05, 0.1) is 6.10 Å². The summed E-state index contributed by atoms with van der Waals surface area (Å²) < 4.78 is 30.0. The van der Waals surface area contributed by atoms with Crippen LogP contribution in [-0.2, 0) is 4.74 Å². The van der Waals surface area contributed by atoms with Gasteiger partial charge in [0.2, 0.25) is 0 Å². The van der Waals surface area contributed by atoms with Gasteiger partial charge in [0, 0.05) is 6.92 Å². The second kappa shape index (κ2) is 6.79. The van der Waals surface area contributed by atoms with Gasteiger partial charge in [-0.25, -0.2) is 0 Å². The highest BCUT2D eigenvalue weighted by Gasteiger charge is 2.27. The van der Waals surface area contributed by atoms with Crippen LogP contribution in [0.2, 0.25) is 0 Å². The fourth-order valence-electron chi connectivity index (χ4n) is 1.67. The van der Waals surface area contributed by atoms with Crippen molar-refractivity contribution in [3.05, 3.63) is 24.8 Å². The Hall–Kier alpha value is -0.700.